The number of aromatic nitrogens is 1. The Bertz CT molecular complexity index is 417. The van der Waals surface area contributed by atoms with E-state index in [0.717, 1.165) is 12.8 Å². The topological polar surface area (TPSA) is 62.2 Å². The average Bonchev–Trinajstić information content (AvgIpc) is 3.13. The SMILES string of the molecule is CC(CO)(NC(=O)c1ccc(Br)nc1)C1CC1. The Morgan fingerprint density at radius 2 is 2.35 bits per heavy atom. The van der Waals surface area contributed by atoms with E-state index in [1.807, 2.05) is 6.92 Å². The minimum absolute atomic E-state index is 0.0344. The van der Waals surface area contributed by atoms with Gasteiger partial charge in [-0.05, 0) is 53.7 Å². The van der Waals surface area contributed by atoms with E-state index in [-0.39, 0.29) is 12.5 Å². The molecule has 17 heavy (non-hydrogen) atoms. The summed E-state index contributed by atoms with van der Waals surface area (Å²) in [6, 6.07) is 3.43. The zero-order chi connectivity index (χ0) is 12.5. The van der Waals surface area contributed by atoms with Gasteiger partial charge in [0.2, 0.25) is 0 Å². The van der Waals surface area contributed by atoms with E-state index in [1.165, 1.54) is 6.20 Å². The molecule has 0 aromatic carbocycles. The van der Waals surface area contributed by atoms with E-state index in [1.54, 1.807) is 12.1 Å². The second-order valence-electron chi connectivity index (χ2n) is 4.67. The van der Waals surface area contributed by atoms with E-state index in [2.05, 4.69) is 26.2 Å². The lowest BCUT2D eigenvalue weighted by Gasteiger charge is -2.28. The minimum Gasteiger partial charge on any atom is -0.394 e. The number of rotatable bonds is 4. The summed E-state index contributed by atoms with van der Waals surface area (Å²) in [7, 11) is 0. The summed E-state index contributed by atoms with van der Waals surface area (Å²) in [6.07, 6.45) is 3.65. The van der Waals surface area contributed by atoms with Crippen LogP contribution >= 0.6 is 15.9 Å². The second-order valence-corrected chi connectivity index (χ2v) is 5.49. The van der Waals surface area contributed by atoms with Crippen molar-refractivity contribution in [2.24, 2.45) is 5.92 Å². The van der Waals surface area contributed by atoms with Crippen LogP contribution in [-0.4, -0.2) is 28.1 Å². The van der Waals surface area contributed by atoms with Crippen LogP contribution < -0.4 is 5.32 Å². The molecule has 1 aliphatic carbocycles. The molecule has 0 aliphatic heterocycles. The molecule has 1 atom stereocenters. The summed E-state index contributed by atoms with van der Waals surface area (Å²) >= 11 is 3.22. The van der Waals surface area contributed by atoms with Crippen LogP contribution in [0.4, 0.5) is 0 Å². The van der Waals surface area contributed by atoms with Crippen molar-refractivity contribution in [3.8, 4) is 0 Å². The van der Waals surface area contributed by atoms with Crippen molar-refractivity contribution in [2.45, 2.75) is 25.3 Å². The van der Waals surface area contributed by atoms with Gasteiger partial charge in [-0.25, -0.2) is 4.98 Å². The highest BCUT2D eigenvalue weighted by Gasteiger charge is 2.42. The molecular formula is C12H15BrN2O2. The van der Waals surface area contributed by atoms with Gasteiger partial charge in [0.1, 0.15) is 4.60 Å². The molecule has 2 N–H and O–H groups in total. The lowest BCUT2D eigenvalue weighted by Crippen LogP contribution is -2.50. The Labute approximate surface area is 109 Å². The normalized spacial score (nSPS) is 18.5. The smallest absolute Gasteiger partial charge is 0.253 e. The van der Waals surface area contributed by atoms with Gasteiger partial charge >= 0.3 is 0 Å². The fraction of sp³-hybridized carbons (Fsp3) is 0.500. The maximum absolute atomic E-state index is 12.0. The predicted octanol–water partition coefficient (Wildman–Crippen LogP) is 1.73. The number of carbonyl (C=O) groups is 1. The zero-order valence-electron chi connectivity index (χ0n) is 9.61. The van der Waals surface area contributed by atoms with Crippen molar-refractivity contribution in [1.82, 2.24) is 10.3 Å². The molecule has 92 valence electrons. The van der Waals surface area contributed by atoms with Crippen molar-refractivity contribution >= 4 is 21.8 Å². The molecule has 0 spiro atoms. The summed E-state index contributed by atoms with van der Waals surface area (Å²) in [4.78, 5) is 16.0. The Hall–Kier alpha value is -0.940. The van der Waals surface area contributed by atoms with Crippen LogP contribution in [0, 0.1) is 5.92 Å². The van der Waals surface area contributed by atoms with E-state index in [4.69, 9.17) is 0 Å². The van der Waals surface area contributed by atoms with Crippen LogP contribution in [0.15, 0.2) is 22.9 Å². The summed E-state index contributed by atoms with van der Waals surface area (Å²) in [5.74, 6) is 0.202. The molecular weight excluding hydrogens is 284 g/mol. The third-order valence-electron chi connectivity index (χ3n) is 3.20. The average molecular weight is 299 g/mol. The minimum atomic E-state index is -0.510. The molecule has 1 aliphatic rings. The molecule has 1 aromatic heterocycles. The lowest BCUT2D eigenvalue weighted by molar-refractivity contribution is 0.0824. The Balaban J connectivity index is 2.07. The molecule has 0 bridgehead atoms. The van der Waals surface area contributed by atoms with Crippen LogP contribution in [-0.2, 0) is 0 Å². The number of aliphatic hydroxyl groups excluding tert-OH is 1. The van der Waals surface area contributed by atoms with Gasteiger partial charge in [-0.15, -0.1) is 0 Å². The Kier molecular flexibility index (Phi) is 3.49. The van der Waals surface area contributed by atoms with Crippen molar-refractivity contribution in [3.63, 3.8) is 0 Å². The highest BCUT2D eigenvalue weighted by molar-refractivity contribution is 9.10. The number of halogens is 1. The molecule has 0 saturated heterocycles. The number of carbonyl (C=O) groups excluding carboxylic acids is 1. The summed E-state index contributed by atoms with van der Waals surface area (Å²) in [5, 5.41) is 12.3. The lowest BCUT2D eigenvalue weighted by atomic mass is 9.96. The van der Waals surface area contributed by atoms with Crippen LogP contribution in [0.25, 0.3) is 0 Å². The molecule has 1 heterocycles. The van der Waals surface area contributed by atoms with Crippen molar-refractivity contribution in [3.05, 3.63) is 28.5 Å². The highest BCUT2D eigenvalue weighted by atomic mass is 79.9. The summed E-state index contributed by atoms with van der Waals surface area (Å²) in [6.45, 7) is 1.85. The van der Waals surface area contributed by atoms with Gasteiger partial charge in [0.05, 0.1) is 17.7 Å². The highest BCUT2D eigenvalue weighted by Crippen LogP contribution is 2.39. The molecule has 4 nitrogen and oxygen atoms in total. The number of nitrogens with one attached hydrogen (secondary N) is 1. The molecule has 1 amide bonds. The van der Waals surface area contributed by atoms with Crippen LogP contribution in [0.2, 0.25) is 0 Å². The fourth-order valence-corrected chi connectivity index (χ4v) is 2.07. The van der Waals surface area contributed by atoms with Gasteiger partial charge in [0.15, 0.2) is 0 Å². The first-order valence-corrected chi connectivity index (χ1v) is 6.39. The van der Waals surface area contributed by atoms with Crippen LogP contribution in [0.3, 0.4) is 0 Å². The number of hydrogen-bond donors (Lipinski definition) is 2. The largest absolute Gasteiger partial charge is 0.394 e. The molecule has 0 radical (unpaired) electrons. The standard InChI is InChI=1S/C12H15BrN2O2/c1-12(7-16,9-3-4-9)15-11(17)8-2-5-10(13)14-6-8/h2,5-6,9,16H,3-4,7H2,1H3,(H,15,17). The van der Waals surface area contributed by atoms with Gasteiger partial charge in [0, 0.05) is 6.20 Å². The first-order valence-electron chi connectivity index (χ1n) is 5.60. The molecule has 2 rings (SSSR count). The third kappa shape index (κ3) is 2.84. The number of pyridine rings is 1. The Morgan fingerprint density at radius 1 is 1.65 bits per heavy atom. The van der Waals surface area contributed by atoms with Crippen molar-refractivity contribution < 1.29 is 9.90 Å². The number of amides is 1. The van der Waals surface area contributed by atoms with E-state index < -0.39 is 5.54 Å². The fourth-order valence-electron chi connectivity index (χ4n) is 1.83. The third-order valence-corrected chi connectivity index (χ3v) is 3.66. The first kappa shape index (κ1) is 12.5. The summed E-state index contributed by atoms with van der Waals surface area (Å²) < 4.78 is 0.696. The number of hydrogen-bond acceptors (Lipinski definition) is 3. The summed E-state index contributed by atoms with van der Waals surface area (Å²) in [5.41, 5.74) is -0.00187. The molecule has 1 unspecified atom stereocenters. The number of nitrogens with zero attached hydrogens (tertiary/aromatic N) is 1. The van der Waals surface area contributed by atoms with Gasteiger partial charge in [-0.3, -0.25) is 4.79 Å². The molecule has 1 fully saturated rings. The maximum atomic E-state index is 12.0. The quantitative estimate of drug-likeness (QED) is 0.832. The van der Waals surface area contributed by atoms with Crippen molar-refractivity contribution in [1.29, 1.82) is 0 Å². The van der Waals surface area contributed by atoms with Crippen molar-refractivity contribution in [2.75, 3.05) is 6.61 Å². The van der Waals surface area contributed by atoms with E-state index in [9.17, 15) is 9.90 Å². The molecule has 5 heteroatoms. The first-order chi connectivity index (χ1) is 8.05. The van der Waals surface area contributed by atoms with Gasteiger partial charge in [-0.1, -0.05) is 0 Å². The van der Waals surface area contributed by atoms with E-state index in [0.29, 0.717) is 16.1 Å². The second kappa shape index (κ2) is 4.74. The monoisotopic (exact) mass is 298 g/mol. The molecule has 1 saturated carbocycles. The van der Waals surface area contributed by atoms with Crippen LogP contribution in [0.5, 0.6) is 0 Å². The zero-order valence-corrected chi connectivity index (χ0v) is 11.2. The Morgan fingerprint density at radius 3 is 2.82 bits per heavy atom. The maximum Gasteiger partial charge on any atom is 0.253 e. The van der Waals surface area contributed by atoms with Crippen LogP contribution in [0.1, 0.15) is 30.1 Å². The van der Waals surface area contributed by atoms with Gasteiger partial charge in [0.25, 0.3) is 5.91 Å². The predicted molar refractivity (Wildman–Crippen MR) is 67.6 cm³/mol. The molecule has 1 aromatic rings. The van der Waals surface area contributed by atoms with Gasteiger partial charge < -0.3 is 10.4 Å². The van der Waals surface area contributed by atoms with E-state index >= 15 is 0 Å². The van der Waals surface area contributed by atoms with Gasteiger partial charge in [-0.2, -0.15) is 0 Å². The number of aliphatic hydroxyl groups is 1.